The Morgan fingerprint density at radius 1 is 0.639 bits per heavy atom. The average Bonchev–Trinajstić information content (AvgIpc) is 3.60. The number of hydrogen-bond donors (Lipinski definition) is 0. The van der Waals surface area contributed by atoms with Gasteiger partial charge in [0.25, 0.3) is 20.0 Å². The summed E-state index contributed by atoms with van der Waals surface area (Å²) in [4.78, 5) is 23.2. The second kappa shape index (κ2) is 11.7. The van der Waals surface area contributed by atoms with E-state index < -0.39 is 25.8 Å². The van der Waals surface area contributed by atoms with Crippen molar-refractivity contribution in [3.8, 4) is 0 Å². The van der Waals surface area contributed by atoms with Crippen molar-refractivity contribution < 1.29 is 26.4 Å². The molecule has 0 aliphatic rings. The van der Waals surface area contributed by atoms with E-state index in [1.54, 1.807) is 36.4 Å². The highest BCUT2D eigenvalue weighted by Crippen LogP contribution is 2.17. The van der Waals surface area contributed by atoms with E-state index in [4.69, 9.17) is 23.2 Å². The highest BCUT2D eigenvalue weighted by molar-refractivity contribution is 7.90. The van der Waals surface area contributed by atoms with Crippen LogP contribution in [0, 0.1) is 0 Å². The van der Waals surface area contributed by atoms with Gasteiger partial charge in [0.15, 0.2) is 11.6 Å². The molecule has 0 spiro atoms. The van der Waals surface area contributed by atoms with Crippen LogP contribution in [0.5, 0.6) is 0 Å². The third-order valence-corrected chi connectivity index (χ3v) is 8.69. The maximum Gasteiger partial charge on any atom is 0.268 e. The molecule has 36 heavy (non-hydrogen) atoms. The number of carbonyl (C=O) groups excluding carboxylic acids is 2. The van der Waals surface area contributed by atoms with Crippen LogP contribution >= 0.6 is 23.2 Å². The lowest BCUT2D eigenvalue weighted by Gasteiger charge is -2.08. The van der Waals surface area contributed by atoms with E-state index in [9.17, 15) is 26.4 Å². The smallest absolute Gasteiger partial charge is 0.268 e. The Hall–Kier alpha value is -3.18. The SMILES string of the molecule is O=C(CCl)c1cccn1S(=O)(=O)c1ccccc1.O=C(CCl)c1ccn(S(=O)(=O)c2ccccc2)c1. The standard InChI is InChI=1S/2C12H10ClNO3S/c13-9-12(15)11-7-4-8-14(11)18(16,17)10-5-2-1-3-6-10;13-8-12(15)10-6-7-14(9-10)18(16,17)11-4-2-1-3-5-11/h1-8H,9H2;1-7,9H,8H2. The van der Waals surface area contributed by atoms with Crippen LogP contribution in [0.4, 0.5) is 0 Å². The van der Waals surface area contributed by atoms with Crippen molar-refractivity contribution >= 4 is 54.8 Å². The largest absolute Gasteiger partial charge is 0.293 e. The molecule has 4 aromatic rings. The Balaban J connectivity index is 0.000000201. The van der Waals surface area contributed by atoms with Crippen molar-refractivity contribution in [1.82, 2.24) is 7.94 Å². The third-order valence-electron chi connectivity index (χ3n) is 4.85. The fourth-order valence-electron chi connectivity index (χ4n) is 3.05. The summed E-state index contributed by atoms with van der Waals surface area (Å²) in [6.07, 6.45) is 3.94. The molecule has 188 valence electrons. The summed E-state index contributed by atoms with van der Waals surface area (Å²) in [5.74, 6) is -1.16. The highest BCUT2D eigenvalue weighted by atomic mass is 35.5. The third kappa shape index (κ3) is 5.96. The lowest BCUT2D eigenvalue weighted by molar-refractivity contribution is 0.101. The molecule has 0 saturated heterocycles. The summed E-state index contributed by atoms with van der Waals surface area (Å²) in [5.41, 5.74) is 0.346. The predicted octanol–water partition coefficient (Wildman–Crippen LogP) is 4.29. The van der Waals surface area contributed by atoms with E-state index in [0.717, 1.165) is 7.94 Å². The number of halogens is 2. The quantitative estimate of drug-likeness (QED) is 0.232. The molecule has 0 N–H and O–H groups in total. The van der Waals surface area contributed by atoms with Crippen LogP contribution in [-0.2, 0) is 20.0 Å². The summed E-state index contributed by atoms with van der Waals surface area (Å²) in [5, 5.41) is 0. The molecule has 0 unspecified atom stereocenters. The number of Topliss-reactive ketones (excluding diaryl/α,β-unsaturated/α-hetero) is 2. The van der Waals surface area contributed by atoms with Crippen LogP contribution in [0.2, 0.25) is 0 Å². The minimum Gasteiger partial charge on any atom is -0.293 e. The number of nitrogens with zero attached hydrogens (tertiary/aromatic N) is 2. The van der Waals surface area contributed by atoms with Crippen LogP contribution in [0.3, 0.4) is 0 Å². The molecule has 8 nitrogen and oxygen atoms in total. The molecule has 2 aromatic heterocycles. The van der Waals surface area contributed by atoms with Gasteiger partial charge >= 0.3 is 0 Å². The lowest BCUT2D eigenvalue weighted by atomic mass is 10.2. The van der Waals surface area contributed by atoms with Gasteiger partial charge in [-0.3, -0.25) is 9.59 Å². The van der Waals surface area contributed by atoms with Crippen LogP contribution in [0.25, 0.3) is 0 Å². The van der Waals surface area contributed by atoms with E-state index in [-0.39, 0.29) is 38.6 Å². The predicted molar refractivity (Wildman–Crippen MR) is 137 cm³/mol. The zero-order chi connectivity index (χ0) is 26.3. The Morgan fingerprint density at radius 2 is 1.17 bits per heavy atom. The molecule has 2 aromatic carbocycles. The number of rotatable bonds is 8. The van der Waals surface area contributed by atoms with E-state index in [1.807, 2.05) is 0 Å². The van der Waals surface area contributed by atoms with Crippen molar-refractivity contribution in [2.75, 3.05) is 11.8 Å². The van der Waals surface area contributed by atoms with Crippen molar-refractivity contribution in [2.45, 2.75) is 9.79 Å². The second-order valence-electron chi connectivity index (χ2n) is 7.17. The molecular weight excluding hydrogens is 547 g/mol. The zero-order valence-corrected chi connectivity index (χ0v) is 21.7. The van der Waals surface area contributed by atoms with Gasteiger partial charge in [-0.1, -0.05) is 36.4 Å². The molecule has 12 heteroatoms. The normalized spacial score (nSPS) is 11.4. The maximum absolute atomic E-state index is 12.3. The number of aromatic nitrogens is 2. The van der Waals surface area contributed by atoms with E-state index in [0.29, 0.717) is 0 Å². The topological polar surface area (TPSA) is 112 Å². The van der Waals surface area contributed by atoms with Gasteiger partial charge in [0.05, 0.1) is 21.6 Å². The number of hydrogen-bond acceptors (Lipinski definition) is 6. The minimum absolute atomic E-state index is 0.0638. The second-order valence-corrected chi connectivity index (χ2v) is 11.4. The van der Waals surface area contributed by atoms with Gasteiger partial charge in [-0.05, 0) is 42.5 Å². The van der Waals surface area contributed by atoms with Gasteiger partial charge in [-0.25, -0.2) is 24.8 Å². The van der Waals surface area contributed by atoms with Crippen molar-refractivity contribution in [1.29, 1.82) is 0 Å². The van der Waals surface area contributed by atoms with Crippen molar-refractivity contribution in [3.63, 3.8) is 0 Å². The van der Waals surface area contributed by atoms with Gasteiger partial charge < -0.3 is 0 Å². The number of carbonyl (C=O) groups is 2. The number of alkyl halides is 2. The highest BCUT2D eigenvalue weighted by Gasteiger charge is 2.22. The van der Waals surface area contributed by atoms with Crippen LogP contribution in [0.1, 0.15) is 20.8 Å². The molecule has 0 saturated carbocycles. The Kier molecular flexibility index (Phi) is 8.91. The van der Waals surface area contributed by atoms with Gasteiger partial charge in [-0.2, -0.15) is 0 Å². The Morgan fingerprint density at radius 3 is 1.69 bits per heavy atom. The Labute approximate surface area is 218 Å². The summed E-state index contributed by atoms with van der Waals surface area (Å²) in [6, 6.07) is 20.3. The van der Waals surface area contributed by atoms with E-state index in [2.05, 4.69) is 0 Å². The summed E-state index contributed by atoms with van der Waals surface area (Å²) < 4.78 is 50.9. The van der Waals surface area contributed by atoms with Crippen LogP contribution < -0.4 is 0 Å². The molecule has 0 amide bonds. The first-order valence-corrected chi connectivity index (χ1v) is 14.2. The molecular formula is C24H20Cl2N2O6S2. The first-order chi connectivity index (χ1) is 17.1. The first kappa shape index (κ1) is 27.4. The van der Waals surface area contributed by atoms with Crippen LogP contribution in [-0.4, -0.2) is 48.1 Å². The van der Waals surface area contributed by atoms with Gasteiger partial charge in [-0.15, -0.1) is 23.2 Å². The van der Waals surface area contributed by atoms with Gasteiger partial charge in [0.2, 0.25) is 0 Å². The first-order valence-electron chi connectivity index (χ1n) is 10.3. The Bertz CT molecular complexity index is 1560. The fraction of sp³-hybridized carbons (Fsp3) is 0.0833. The lowest BCUT2D eigenvalue weighted by Crippen LogP contribution is -2.18. The fourth-order valence-corrected chi connectivity index (χ4v) is 5.94. The van der Waals surface area contributed by atoms with Crippen molar-refractivity contribution in [3.05, 3.63) is 109 Å². The molecule has 0 aliphatic heterocycles. The summed E-state index contributed by atoms with van der Waals surface area (Å²) >= 11 is 10.9. The molecule has 4 rings (SSSR count). The number of ketones is 2. The summed E-state index contributed by atoms with van der Waals surface area (Å²) in [7, 11) is -7.38. The van der Waals surface area contributed by atoms with E-state index >= 15 is 0 Å². The minimum atomic E-state index is -3.74. The van der Waals surface area contributed by atoms with Gasteiger partial charge in [0, 0.05) is 24.2 Å². The monoisotopic (exact) mass is 566 g/mol. The van der Waals surface area contributed by atoms with E-state index in [1.165, 1.54) is 61.1 Å². The average molecular weight is 567 g/mol. The molecule has 0 radical (unpaired) electrons. The molecule has 0 fully saturated rings. The van der Waals surface area contributed by atoms with Crippen molar-refractivity contribution in [2.24, 2.45) is 0 Å². The molecule has 0 aliphatic carbocycles. The summed E-state index contributed by atoms with van der Waals surface area (Å²) in [6.45, 7) is 0. The maximum atomic E-state index is 12.3. The van der Waals surface area contributed by atoms with Gasteiger partial charge in [0.1, 0.15) is 5.69 Å². The van der Waals surface area contributed by atoms with Crippen LogP contribution in [0.15, 0.2) is 107 Å². The molecule has 0 bridgehead atoms. The molecule has 2 heterocycles. The number of benzene rings is 2. The molecule has 0 atom stereocenters. The zero-order valence-electron chi connectivity index (χ0n) is 18.6.